The van der Waals surface area contributed by atoms with E-state index in [2.05, 4.69) is 17.5 Å². The molecule has 2 aromatic carbocycles. The van der Waals surface area contributed by atoms with Crippen LogP contribution in [0.15, 0.2) is 60.0 Å². The third-order valence-electron chi connectivity index (χ3n) is 3.03. The Kier molecular flexibility index (Phi) is 2.95. The van der Waals surface area contributed by atoms with E-state index in [1.165, 1.54) is 10.1 Å². The van der Waals surface area contributed by atoms with Crippen LogP contribution in [0.2, 0.25) is 0 Å². The van der Waals surface area contributed by atoms with E-state index in [9.17, 15) is 4.79 Å². The molecule has 0 fully saturated rings. The number of carbonyl (C=O) groups is 1. The summed E-state index contributed by atoms with van der Waals surface area (Å²) in [5.74, 6) is 0.175. The summed E-state index contributed by atoms with van der Waals surface area (Å²) in [4.78, 5) is 12.2. The van der Waals surface area contributed by atoms with Crippen molar-refractivity contribution < 1.29 is 4.79 Å². The maximum atomic E-state index is 12.2. The average Bonchev–Trinajstić information content (AvgIpc) is 2.89. The van der Waals surface area contributed by atoms with E-state index in [1.807, 2.05) is 42.5 Å². The monoisotopic (exact) mass is 252 g/mol. The van der Waals surface area contributed by atoms with Crippen LogP contribution in [0.25, 0.3) is 10.1 Å². The number of hydrogen-bond donors (Lipinski definition) is 0. The van der Waals surface area contributed by atoms with Crippen LogP contribution in [0.5, 0.6) is 0 Å². The Balaban J connectivity index is 1.93. The van der Waals surface area contributed by atoms with Crippen molar-refractivity contribution in [1.29, 1.82) is 0 Å². The van der Waals surface area contributed by atoms with Crippen molar-refractivity contribution in [1.82, 2.24) is 0 Å². The van der Waals surface area contributed by atoms with Crippen LogP contribution in [0, 0.1) is 0 Å². The molecule has 0 N–H and O–H groups in total. The van der Waals surface area contributed by atoms with Crippen molar-refractivity contribution in [3.05, 3.63) is 71.1 Å². The molecule has 3 aromatic rings. The van der Waals surface area contributed by atoms with Gasteiger partial charge in [0.1, 0.15) is 0 Å². The lowest BCUT2D eigenvalue weighted by Gasteiger charge is -2.03. The number of hydrogen-bond acceptors (Lipinski definition) is 2. The molecule has 0 bridgehead atoms. The fourth-order valence-corrected chi connectivity index (χ4v) is 2.94. The summed E-state index contributed by atoms with van der Waals surface area (Å²) >= 11 is 1.71. The van der Waals surface area contributed by atoms with Crippen LogP contribution in [0.1, 0.15) is 15.9 Å². The fourth-order valence-electron chi connectivity index (χ4n) is 2.11. The SMILES string of the molecule is O=C(Cc1cccc2sccc12)c1ccccc1. The first kappa shape index (κ1) is 11.2. The van der Waals surface area contributed by atoms with E-state index >= 15 is 0 Å². The summed E-state index contributed by atoms with van der Waals surface area (Å²) in [5, 5.41) is 3.27. The van der Waals surface area contributed by atoms with Gasteiger partial charge in [-0.15, -0.1) is 11.3 Å². The summed E-state index contributed by atoms with van der Waals surface area (Å²) in [7, 11) is 0. The summed E-state index contributed by atoms with van der Waals surface area (Å²) in [5.41, 5.74) is 1.90. The molecule has 0 unspecified atom stereocenters. The summed E-state index contributed by atoms with van der Waals surface area (Å²) in [6.07, 6.45) is 0.470. The van der Waals surface area contributed by atoms with Crippen molar-refractivity contribution >= 4 is 27.2 Å². The highest BCUT2D eigenvalue weighted by atomic mass is 32.1. The summed E-state index contributed by atoms with van der Waals surface area (Å²) in [6.45, 7) is 0. The lowest BCUT2D eigenvalue weighted by Crippen LogP contribution is -2.03. The lowest BCUT2D eigenvalue weighted by atomic mass is 10.0. The third kappa shape index (κ3) is 2.07. The van der Waals surface area contributed by atoms with E-state index in [0.717, 1.165) is 11.1 Å². The van der Waals surface area contributed by atoms with Crippen LogP contribution in [-0.4, -0.2) is 5.78 Å². The van der Waals surface area contributed by atoms with E-state index in [0.29, 0.717) is 6.42 Å². The Hall–Kier alpha value is -1.93. The van der Waals surface area contributed by atoms with Gasteiger partial charge in [0, 0.05) is 16.7 Å². The molecule has 2 heteroatoms. The van der Waals surface area contributed by atoms with Crippen molar-refractivity contribution in [2.45, 2.75) is 6.42 Å². The molecule has 88 valence electrons. The first-order valence-corrected chi connectivity index (χ1v) is 6.76. The molecular weight excluding hydrogens is 240 g/mol. The van der Waals surface area contributed by atoms with E-state index in [1.54, 1.807) is 11.3 Å². The lowest BCUT2D eigenvalue weighted by molar-refractivity contribution is 0.0993. The van der Waals surface area contributed by atoms with Gasteiger partial charge < -0.3 is 0 Å². The topological polar surface area (TPSA) is 17.1 Å². The molecule has 0 aliphatic carbocycles. The van der Waals surface area contributed by atoms with Crippen molar-refractivity contribution in [3.63, 3.8) is 0 Å². The number of rotatable bonds is 3. The van der Waals surface area contributed by atoms with Crippen LogP contribution in [0.3, 0.4) is 0 Å². The molecule has 1 nitrogen and oxygen atoms in total. The standard InChI is InChI=1S/C16H12OS/c17-15(12-5-2-1-3-6-12)11-13-7-4-8-16-14(13)9-10-18-16/h1-10H,11H2. The number of ketones is 1. The molecule has 0 amide bonds. The number of carbonyl (C=O) groups excluding carboxylic acids is 1. The van der Waals surface area contributed by atoms with Crippen LogP contribution < -0.4 is 0 Å². The maximum absolute atomic E-state index is 12.2. The maximum Gasteiger partial charge on any atom is 0.167 e. The molecule has 0 aliphatic heterocycles. The first-order valence-electron chi connectivity index (χ1n) is 5.88. The molecule has 0 atom stereocenters. The molecule has 3 rings (SSSR count). The minimum absolute atomic E-state index is 0.175. The smallest absolute Gasteiger partial charge is 0.167 e. The zero-order valence-electron chi connectivity index (χ0n) is 9.80. The molecule has 1 aromatic heterocycles. The van der Waals surface area contributed by atoms with Crippen molar-refractivity contribution in [2.75, 3.05) is 0 Å². The highest BCUT2D eigenvalue weighted by Gasteiger charge is 2.09. The van der Waals surface area contributed by atoms with Gasteiger partial charge in [-0.05, 0) is 28.5 Å². The Morgan fingerprint density at radius 2 is 1.78 bits per heavy atom. The van der Waals surface area contributed by atoms with Crippen molar-refractivity contribution in [3.8, 4) is 0 Å². The largest absolute Gasteiger partial charge is 0.294 e. The molecule has 1 heterocycles. The minimum Gasteiger partial charge on any atom is -0.294 e. The van der Waals surface area contributed by atoms with Crippen molar-refractivity contribution in [2.24, 2.45) is 0 Å². The Bertz CT molecular complexity index is 682. The normalized spacial score (nSPS) is 10.7. The van der Waals surface area contributed by atoms with Crippen LogP contribution in [-0.2, 0) is 6.42 Å². The van der Waals surface area contributed by atoms with Gasteiger partial charge in [0.15, 0.2) is 5.78 Å². The summed E-state index contributed by atoms with van der Waals surface area (Å²) < 4.78 is 1.24. The first-order chi connectivity index (χ1) is 8.84. The number of Topliss-reactive ketones (excluding diaryl/α,β-unsaturated/α-hetero) is 1. The van der Waals surface area contributed by atoms with Gasteiger partial charge >= 0.3 is 0 Å². The zero-order chi connectivity index (χ0) is 12.4. The second-order valence-electron chi connectivity index (χ2n) is 4.22. The molecule has 0 saturated heterocycles. The van der Waals surface area contributed by atoms with Gasteiger partial charge in [0.05, 0.1) is 0 Å². The van der Waals surface area contributed by atoms with Gasteiger partial charge in [-0.25, -0.2) is 0 Å². The number of benzene rings is 2. The minimum atomic E-state index is 0.175. The Labute approximate surface area is 110 Å². The average molecular weight is 252 g/mol. The third-order valence-corrected chi connectivity index (χ3v) is 3.92. The molecule has 0 saturated carbocycles. The van der Waals surface area contributed by atoms with Gasteiger partial charge in [0.25, 0.3) is 0 Å². The predicted molar refractivity (Wildman–Crippen MR) is 76.3 cm³/mol. The summed E-state index contributed by atoms with van der Waals surface area (Å²) in [6, 6.07) is 17.7. The van der Waals surface area contributed by atoms with E-state index in [-0.39, 0.29) is 5.78 Å². The Morgan fingerprint density at radius 1 is 0.944 bits per heavy atom. The molecule has 18 heavy (non-hydrogen) atoms. The highest BCUT2D eigenvalue weighted by molar-refractivity contribution is 7.17. The number of thiophene rings is 1. The van der Waals surface area contributed by atoms with Gasteiger partial charge in [-0.2, -0.15) is 0 Å². The second kappa shape index (κ2) is 4.75. The quantitative estimate of drug-likeness (QED) is 0.634. The van der Waals surface area contributed by atoms with Gasteiger partial charge in [-0.1, -0.05) is 42.5 Å². The Morgan fingerprint density at radius 3 is 2.61 bits per heavy atom. The van der Waals surface area contributed by atoms with Crippen LogP contribution in [0.4, 0.5) is 0 Å². The number of fused-ring (bicyclic) bond motifs is 1. The van der Waals surface area contributed by atoms with E-state index in [4.69, 9.17) is 0 Å². The molecule has 0 spiro atoms. The molecular formula is C16H12OS. The predicted octanol–water partition coefficient (Wildman–Crippen LogP) is 4.33. The van der Waals surface area contributed by atoms with Crippen LogP contribution >= 0.6 is 11.3 Å². The fraction of sp³-hybridized carbons (Fsp3) is 0.0625. The van der Waals surface area contributed by atoms with E-state index < -0.39 is 0 Å². The zero-order valence-corrected chi connectivity index (χ0v) is 10.6. The molecule has 0 aliphatic rings. The van der Waals surface area contributed by atoms with Gasteiger partial charge in [0.2, 0.25) is 0 Å². The van der Waals surface area contributed by atoms with Gasteiger partial charge in [-0.3, -0.25) is 4.79 Å². The highest BCUT2D eigenvalue weighted by Crippen LogP contribution is 2.25. The second-order valence-corrected chi connectivity index (χ2v) is 5.16. The molecule has 0 radical (unpaired) electrons.